The zero-order valence-electron chi connectivity index (χ0n) is 15.7. The van der Waals surface area contributed by atoms with Crippen molar-refractivity contribution in [1.82, 2.24) is 4.90 Å². The molecular formula is C20H22N4O4. The molecule has 0 radical (unpaired) electrons. The highest BCUT2D eigenvalue weighted by atomic mass is 16.5. The molecule has 146 valence electrons. The van der Waals surface area contributed by atoms with E-state index in [0.29, 0.717) is 29.0 Å². The molecule has 3 rings (SSSR count). The number of hydrogen-bond donors (Lipinski definition) is 3. The quantitative estimate of drug-likeness (QED) is 0.661. The van der Waals surface area contributed by atoms with Crippen LogP contribution in [0.4, 0.5) is 5.69 Å². The molecule has 1 aromatic rings. The van der Waals surface area contributed by atoms with Gasteiger partial charge in [0.2, 0.25) is 5.91 Å². The second kappa shape index (κ2) is 7.74. The fourth-order valence-corrected chi connectivity index (χ4v) is 3.26. The van der Waals surface area contributed by atoms with E-state index in [1.54, 1.807) is 31.3 Å². The SMILES string of the molecule is Cc1ccc2c(c1OCC(C)C#N)NC(O)C1CC(C=CC(N)=O)=CN1C2=O. The fourth-order valence-electron chi connectivity index (χ4n) is 3.26. The van der Waals surface area contributed by atoms with Crippen molar-refractivity contribution in [2.75, 3.05) is 11.9 Å². The molecular weight excluding hydrogens is 360 g/mol. The Hall–Kier alpha value is -3.31. The molecule has 0 saturated heterocycles. The zero-order chi connectivity index (χ0) is 20.4. The van der Waals surface area contributed by atoms with Gasteiger partial charge in [-0.3, -0.25) is 9.59 Å². The molecule has 8 nitrogen and oxygen atoms in total. The predicted octanol–water partition coefficient (Wildman–Crippen LogP) is 1.42. The largest absolute Gasteiger partial charge is 0.490 e. The van der Waals surface area contributed by atoms with Gasteiger partial charge >= 0.3 is 0 Å². The summed E-state index contributed by atoms with van der Waals surface area (Å²) in [6, 6.07) is 5.03. The lowest BCUT2D eigenvalue weighted by Crippen LogP contribution is -2.42. The number of aliphatic hydroxyl groups excluding tert-OH is 1. The second-order valence-corrected chi connectivity index (χ2v) is 6.99. The van der Waals surface area contributed by atoms with E-state index in [2.05, 4.69) is 11.4 Å². The summed E-state index contributed by atoms with van der Waals surface area (Å²) in [5, 5.41) is 22.7. The summed E-state index contributed by atoms with van der Waals surface area (Å²) in [5.74, 6) is -0.731. The minimum absolute atomic E-state index is 0.175. The molecule has 3 unspecified atom stereocenters. The van der Waals surface area contributed by atoms with Crippen LogP contribution in [0.25, 0.3) is 0 Å². The van der Waals surface area contributed by atoms with Crippen LogP contribution in [-0.4, -0.2) is 40.7 Å². The molecule has 8 heteroatoms. The van der Waals surface area contributed by atoms with E-state index in [1.807, 2.05) is 6.92 Å². The average Bonchev–Trinajstić information content (AvgIpc) is 3.06. The number of nitrogens with zero attached hydrogens (tertiary/aromatic N) is 2. The topological polar surface area (TPSA) is 129 Å². The van der Waals surface area contributed by atoms with Crippen molar-refractivity contribution in [2.24, 2.45) is 11.7 Å². The Labute approximate surface area is 162 Å². The first-order valence-electron chi connectivity index (χ1n) is 8.93. The summed E-state index contributed by atoms with van der Waals surface area (Å²) in [6.45, 7) is 3.76. The van der Waals surface area contributed by atoms with Crippen LogP contribution in [0.5, 0.6) is 5.75 Å². The van der Waals surface area contributed by atoms with Gasteiger partial charge in [0.25, 0.3) is 5.91 Å². The zero-order valence-corrected chi connectivity index (χ0v) is 15.7. The van der Waals surface area contributed by atoms with E-state index < -0.39 is 18.2 Å². The molecule has 0 saturated carbocycles. The Morgan fingerprint density at radius 1 is 1.57 bits per heavy atom. The number of rotatable bonds is 5. The van der Waals surface area contributed by atoms with Crippen LogP contribution in [0.2, 0.25) is 0 Å². The van der Waals surface area contributed by atoms with E-state index in [9.17, 15) is 14.7 Å². The number of primary amides is 1. The van der Waals surface area contributed by atoms with Crippen molar-refractivity contribution >= 4 is 17.5 Å². The molecule has 0 spiro atoms. The molecule has 0 fully saturated rings. The van der Waals surface area contributed by atoms with Crippen molar-refractivity contribution < 1.29 is 19.4 Å². The summed E-state index contributed by atoms with van der Waals surface area (Å²) in [7, 11) is 0. The molecule has 0 bridgehead atoms. The van der Waals surface area contributed by atoms with Crippen LogP contribution < -0.4 is 15.8 Å². The van der Waals surface area contributed by atoms with Gasteiger partial charge in [-0.25, -0.2) is 0 Å². The van der Waals surface area contributed by atoms with E-state index >= 15 is 0 Å². The highest BCUT2D eigenvalue weighted by molar-refractivity contribution is 6.03. The Bertz CT molecular complexity index is 916. The van der Waals surface area contributed by atoms with Gasteiger partial charge in [-0.05, 0) is 37.5 Å². The third-order valence-corrected chi connectivity index (χ3v) is 4.74. The van der Waals surface area contributed by atoms with E-state index in [0.717, 1.165) is 5.56 Å². The minimum atomic E-state index is -1.04. The number of anilines is 1. The molecule has 3 atom stereocenters. The number of aliphatic hydroxyl groups is 1. The van der Waals surface area contributed by atoms with Crippen LogP contribution in [-0.2, 0) is 4.79 Å². The molecule has 4 N–H and O–H groups in total. The smallest absolute Gasteiger partial charge is 0.260 e. The van der Waals surface area contributed by atoms with Crippen molar-refractivity contribution in [1.29, 1.82) is 5.26 Å². The molecule has 0 aromatic heterocycles. The van der Waals surface area contributed by atoms with Gasteiger partial charge in [-0.15, -0.1) is 0 Å². The average molecular weight is 382 g/mol. The normalized spacial score (nSPS) is 21.9. The third kappa shape index (κ3) is 3.70. The van der Waals surface area contributed by atoms with Gasteiger partial charge < -0.3 is 25.8 Å². The number of amides is 2. The van der Waals surface area contributed by atoms with Crippen LogP contribution in [0.1, 0.15) is 29.3 Å². The maximum absolute atomic E-state index is 13.1. The number of ether oxygens (including phenoxy) is 1. The number of fused-ring (bicyclic) bond motifs is 2. The summed E-state index contributed by atoms with van der Waals surface area (Å²) in [4.78, 5) is 25.5. The van der Waals surface area contributed by atoms with Crippen molar-refractivity contribution in [2.45, 2.75) is 32.5 Å². The summed E-state index contributed by atoms with van der Waals surface area (Å²) in [5.41, 5.74) is 7.41. The molecule has 28 heavy (non-hydrogen) atoms. The molecule has 2 heterocycles. The van der Waals surface area contributed by atoms with Crippen LogP contribution in [0.3, 0.4) is 0 Å². The van der Waals surface area contributed by atoms with Gasteiger partial charge in [-0.2, -0.15) is 5.26 Å². The number of benzene rings is 1. The number of nitrogens with one attached hydrogen (secondary N) is 1. The van der Waals surface area contributed by atoms with E-state index in [1.165, 1.54) is 11.0 Å². The van der Waals surface area contributed by atoms with Gasteiger partial charge in [0, 0.05) is 12.3 Å². The minimum Gasteiger partial charge on any atom is -0.490 e. The summed E-state index contributed by atoms with van der Waals surface area (Å²) in [6.07, 6.45) is 3.72. The molecule has 2 aliphatic rings. The Balaban J connectivity index is 1.97. The number of nitriles is 1. The molecule has 1 aromatic carbocycles. The predicted molar refractivity (Wildman–Crippen MR) is 102 cm³/mol. The van der Waals surface area contributed by atoms with Gasteiger partial charge in [0.05, 0.1) is 29.3 Å². The maximum Gasteiger partial charge on any atom is 0.260 e. The first-order chi connectivity index (χ1) is 13.3. The first kappa shape index (κ1) is 19.5. The molecule has 2 amide bonds. The number of carbonyl (C=O) groups is 2. The number of allylic oxidation sites excluding steroid dienone is 1. The van der Waals surface area contributed by atoms with Crippen molar-refractivity contribution in [3.05, 3.63) is 47.2 Å². The van der Waals surface area contributed by atoms with E-state index in [-0.39, 0.29) is 18.4 Å². The van der Waals surface area contributed by atoms with Crippen molar-refractivity contribution in [3.8, 4) is 11.8 Å². The van der Waals surface area contributed by atoms with E-state index in [4.69, 9.17) is 15.7 Å². The third-order valence-electron chi connectivity index (χ3n) is 4.74. The number of carbonyl (C=O) groups excluding carboxylic acids is 2. The van der Waals surface area contributed by atoms with Crippen LogP contribution >= 0.6 is 0 Å². The van der Waals surface area contributed by atoms with Crippen LogP contribution in [0.15, 0.2) is 36.1 Å². The molecule has 0 aliphatic carbocycles. The first-order valence-corrected chi connectivity index (χ1v) is 8.93. The van der Waals surface area contributed by atoms with Gasteiger partial charge in [0.1, 0.15) is 18.6 Å². The Morgan fingerprint density at radius 3 is 3.00 bits per heavy atom. The summed E-state index contributed by atoms with van der Waals surface area (Å²) < 4.78 is 5.80. The number of nitrogens with two attached hydrogens (primary N) is 1. The second-order valence-electron chi connectivity index (χ2n) is 6.99. The standard InChI is InChI=1S/C20H22N4O4/c1-11(8-21)10-28-18-12(2)3-5-14-17(18)23-19(26)15-7-13(4-6-16(22)25)9-24(15)20(14)27/h3-6,9,11,15,19,23,26H,7,10H2,1-2H3,(H2,22,25). The number of aryl methyl sites for hydroxylation is 1. The maximum atomic E-state index is 13.1. The van der Waals surface area contributed by atoms with Crippen LogP contribution in [0, 0.1) is 24.2 Å². The van der Waals surface area contributed by atoms with Crippen molar-refractivity contribution in [3.63, 3.8) is 0 Å². The number of hydrogen-bond acceptors (Lipinski definition) is 6. The fraction of sp³-hybridized carbons (Fsp3) is 0.350. The Morgan fingerprint density at radius 2 is 2.32 bits per heavy atom. The lowest BCUT2D eigenvalue weighted by molar-refractivity contribution is -0.113. The van der Waals surface area contributed by atoms with Gasteiger partial charge in [-0.1, -0.05) is 12.1 Å². The lowest BCUT2D eigenvalue weighted by atomic mass is 10.1. The summed E-state index contributed by atoms with van der Waals surface area (Å²) >= 11 is 0. The molecule has 2 aliphatic heterocycles. The van der Waals surface area contributed by atoms with Gasteiger partial charge in [0.15, 0.2) is 0 Å². The highest BCUT2D eigenvalue weighted by Gasteiger charge is 2.39. The lowest BCUT2D eigenvalue weighted by Gasteiger charge is -2.25. The monoisotopic (exact) mass is 382 g/mol. The Kier molecular flexibility index (Phi) is 5.38. The highest BCUT2D eigenvalue weighted by Crippen LogP contribution is 2.39.